The Kier molecular flexibility index (Phi) is 4.79. The summed E-state index contributed by atoms with van der Waals surface area (Å²) >= 11 is 1.15. The molecular weight excluding hydrogens is 264 g/mol. The Hall–Kier alpha value is -1.56. The molecule has 0 saturated carbocycles. The van der Waals surface area contributed by atoms with Crippen molar-refractivity contribution in [3.05, 3.63) is 30.1 Å². The zero-order valence-corrected chi connectivity index (χ0v) is 11.3. The largest absolute Gasteiger partial charge is 0.481 e. The van der Waals surface area contributed by atoms with Gasteiger partial charge in [-0.1, -0.05) is 6.07 Å². The molecule has 1 atom stereocenters. The first kappa shape index (κ1) is 13.9. The maximum absolute atomic E-state index is 12.1. The Morgan fingerprint density at radius 2 is 2.32 bits per heavy atom. The van der Waals surface area contributed by atoms with Crippen LogP contribution in [0.5, 0.6) is 0 Å². The lowest BCUT2D eigenvalue weighted by atomic mass is 10.1. The number of pyridine rings is 1. The lowest BCUT2D eigenvalue weighted by molar-refractivity contribution is -0.133. The molecule has 19 heavy (non-hydrogen) atoms. The van der Waals surface area contributed by atoms with Crippen LogP contribution >= 0.6 is 11.8 Å². The summed E-state index contributed by atoms with van der Waals surface area (Å²) in [5, 5.41) is 8.57. The zero-order chi connectivity index (χ0) is 13.7. The van der Waals surface area contributed by atoms with E-state index in [1.165, 1.54) is 0 Å². The number of carboxylic acid groups (broad SMARTS) is 1. The smallest absolute Gasteiger partial charge is 0.313 e. The molecular formula is C13H16N2O3S. The molecule has 1 aromatic heterocycles. The lowest BCUT2D eigenvalue weighted by Crippen LogP contribution is -2.32. The highest BCUT2D eigenvalue weighted by molar-refractivity contribution is 8.00. The molecule has 0 bridgehead atoms. The fourth-order valence-corrected chi connectivity index (χ4v) is 2.91. The first-order valence-electron chi connectivity index (χ1n) is 6.17. The van der Waals surface area contributed by atoms with Gasteiger partial charge in [-0.15, -0.1) is 11.8 Å². The van der Waals surface area contributed by atoms with E-state index in [4.69, 9.17) is 5.11 Å². The highest BCUT2D eigenvalue weighted by Crippen LogP contribution is 2.31. The fraction of sp³-hybridized carbons (Fsp3) is 0.462. The van der Waals surface area contributed by atoms with E-state index in [2.05, 4.69) is 4.98 Å². The van der Waals surface area contributed by atoms with Crippen LogP contribution < -0.4 is 0 Å². The molecule has 1 fully saturated rings. The first-order valence-corrected chi connectivity index (χ1v) is 7.33. The van der Waals surface area contributed by atoms with E-state index in [1.807, 2.05) is 17.0 Å². The number of hydrogen-bond acceptors (Lipinski definition) is 4. The third-order valence-corrected chi connectivity index (χ3v) is 4.00. The molecule has 1 saturated heterocycles. The molecule has 1 amide bonds. The van der Waals surface area contributed by atoms with E-state index >= 15 is 0 Å². The van der Waals surface area contributed by atoms with Crippen LogP contribution in [0.2, 0.25) is 0 Å². The van der Waals surface area contributed by atoms with Crippen molar-refractivity contribution in [1.82, 2.24) is 9.88 Å². The van der Waals surface area contributed by atoms with Crippen molar-refractivity contribution < 1.29 is 14.7 Å². The van der Waals surface area contributed by atoms with E-state index in [9.17, 15) is 9.59 Å². The minimum absolute atomic E-state index is 0.0117. The normalized spacial score (nSPS) is 18.5. The molecule has 102 valence electrons. The third-order valence-electron chi connectivity index (χ3n) is 3.09. The third kappa shape index (κ3) is 3.70. The van der Waals surface area contributed by atoms with Crippen molar-refractivity contribution in [2.75, 3.05) is 18.1 Å². The molecule has 0 radical (unpaired) electrons. The topological polar surface area (TPSA) is 70.5 Å². The van der Waals surface area contributed by atoms with Crippen molar-refractivity contribution in [2.45, 2.75) is 18.9 Å². The standard InChI is InChI=1S/C13H16N2O3S/c16-12(8-19-9-13(17)18)15-6-2-4-11(15)10-3-1-5-14-7-10/h1,3,5,7,11H,2,4,6,8-9H2,(H,17,18). The van der Waals surface area contributed by atoms with Gasteiger partial charge in [0.2, 0.25) is 5.91 Å². The molecule has 0 aromatic carbocycles. The maximum atomic E-state index is 12.1. The monoisotopic (exact) mass is 280 g/mol. The summed E-state index contributed by atoms with van der Waals surface area (Å²) in [6.07, 6.45) is 5.43. The fourth-order valence-electron chi connectivity index (χ4n) is 2.29. The number of carboxylic acids is 1. The first-order chi connectivity index (χ1) is 9.18. The van der Waals surface area contributed by atoms with Crippen molar-refractivity contribution in [1.29, 1.82) is 0 Å². The number of likely N-dealkylation sites (tertiary alicyclic amines) is 1. The molecule has 2 rings (SSSR count). The zero-order valence-electron chi connectivity index (χ0n) is 10.5. The van der Waals surface area contributed by atoms with Gasteiger partial charge in [0.05, 0.1) is 17.5 Å². The molecule has 2 heterocycles. The number of aromatic nitrogens is 1. The predicted molar refractivity (Wildman–Crippen MR) is 72.9 cm³/mol. The summed E-state index contributed by atoms with van der Waals surface area (Å²) in [4.78, 5) is 28.5. The van der Waals surface area contributed by atoms with Crippen molar-refractivity contribution in [3.8, 4) is 0 Å². The quantitative estimate of drug-likeness (QED) is 0.886. The van der Waals surface area contributed by atoms with E-state index in [-0.39, 0.29) is 23.5 Å². The van der Waals surface area contributed by atoms with Gasteiger partial charge in [0.25, 0.3) is 0 Å². The minimum Gasteiger partial charge on any atom is -0.481 e. The van der Waals surface area contributed by atoms with Gasteiger partial charge in [0.1, 0.15) is 0 Å². The summed E-state index contributed by atoms with van der Waals surface area (Å²) in [5.41, 5.74) is 1.05. The van der Waals surface area contributed by atoms with E-state index in [1.54, 1.807) is 12.4 Å². The van der Waals surface area contributed by atoms with Gasteiger partial charge in [0.15, 0.2) is 0 Å². The molecule has 1 aliphatic heterocycles. The van der Waals surface area contributed by atoms with Crippen LogP contribution in [-0.4, -0.2) is 44.9 Å². The van der Waals surface area contributed by atoms with Crippen molar-refractivity contribution >= 4 is 23.6 Å². The van der Waals surface area contributed by atoms with Gasteiger partial charge in [0, 0.05) is 18.9 Å². The number of hydrogen-bond donors (Lipinski definition) is 1. The summed E-state index contributed by atoms with van der Waals surface area (Å²) in [5.74, 6) is -0.680. The Morgan fingerprint density at radius 1 is 1.47 bits per heavy atom. The molecule has 5 nitrogen and oxygen atoms in total. The number of thioether (sulfide) groups is 1. The summed E-state index contributed by atoms with van der Waals surface area (Å²) in [6, 6.07) is 3.94. The van der Waals surface area contributed by atoms with Crippen LogP contribution in [0.1, 0.15) is 24.4 Å². The Balaban J connectivity index is 1.95. The van der Waals surface area contributed by atoms with E-state index < -0.39 is 5.97 Å². The van der Waals surface area contributed by atoms with Crippen LogP contribution in [0, 0.1) is 0 Å². The second kappa shape index (κ2) is 6.56. The Labute approximate surface area is 116 Å². The number of carbonyl (C=O) groups excluding carboxylic acids is 1. The van der Waals surface area contributed by atoms with Gasteiger partial charge in [-0.25, -0.2) is 0 Å². The maximum Gasteiger partial charge on any atom is 0.313 e. The molecule has 0 spiro atoms. The molecule has 1 N–H and O–H groups in total. The average molecular weight is 280 g/mol. The molecule has 0 aliphatic carbocycles. The van der Waals surface area contributed by atoms with Crippen molar-refractivity contribution in [3.63, 3.8) is 0 Å². The van der Waals surface area contributed by atoms with Gasteiger partial charge >= 0.3 is 5.97 Å². The summed E-state index contributed by atoms with van der Waals surface area (Å²) < 4.78 is 0. The SMILES string of the molecule is O=C(O)CSCC(=O)N1CCCC1c1cccnc1. The Bertz CT molecular complexity index is 452. The second-order valence-electron chi connectivity index (χ2n) is 4.42. The van der Waals surface area contributed by atoms with Gasteiger partial charge in [-0.2, -0.15) is 0 Å². The second-order valence-corrected chi connectivity index (χ2v) is 5.40. The van der Waals surface area contributed by atoms with E-state index in [0.29, 0.717) is 0 Å². The number of aliphatic carboxylic acids is 1. The van der Waals surface area contributed by atoms with Crippen LogP contribution in [0.25, 0.3) is 0 Å². The highest BCUT2D eigenvalue weighted by atomic mass is 32.2. The van der Waals surface area contributed by atoms with Crippen LogP contribution in [-0.2, 0) is 9.59 Å². The predicted octanol–water partition coefficient (Wildman–Crippen LogP) is 1.56. The lowest BCUT2D eigenvalue weighted by Gasteiger charge is -2.24. The average Bonchev–Trinajstić information content (AvgIpc) is 2.88. The van der Waals surface area contributed by atoms with E-state index in [0.717, 1.165) is 36.7 Å². The van der Waals surface area contributed by atoms with Crippen LogP contribution in [0.3, 0.4) is 0 Å². The van der Waals surface area contributed by atoms with Gasteiger partial charge < -0.3 is 10.0 Å². The van der Waals surface area contributed by atoms with Crippen LogP contribution in [0.15, 0.2) is 24.5 Å². The number of nitrogens with zero attached hydrogens (tertiary/aromatic N) is 2. The molecule has 1 unspecified atom stereocenters. The summed E-state index contributed by atoms with van der Waals surface area (Å²) in [6.45, 7) is 0.742. The Morgan fingerprint density at radius 3 is 3.00 bits per heavy atom. The van der Waals surface area contributed by atoms with Gasteiger partial charge in [-0.3, -0.25) is 14.6 Å². The molecule has 1 aromatic rings. The van der Waals surface area contributed by atoms with Gasteiger partial charge in [-0.05, 0) is 24.5 Å². The molecule has 1 aliphatic rings. The summed E-state index contributed by atoms with van der Waals surface area (Å²) in [7, 11) is 0. The minimum atomic E-state index is -0.886. The number of rotatable bonds is 5. The van der Waals surface area contributed by atoms with Crippen molar-refractivity contribution in [2.24, 2.45) is 0 Å². The van der Waals surface area contributed by atoms with Crippen LogP contribution in [0.4, 0.5) is 0 Å². The number of carbonyl (C=O) groups is 2. The highest BCUT2D eigenvalue weighted by Gasteiger charge is 2.29. The molecule has 6 heteroatoms. The number of amides is 1.